The predicted molar refractivity (Wildman–Crippen MR) is 172 cm³/mol. The Labute approximate surface area is 275 Å². The van der Waals surface area contributed by atoms with E-state index in [1.165, 1.54) is 25.5 Å². The number of imide groups is 1. The number of aromatic nitrogens is 1. The minimum atomic E-state index is -1.05. The van der Waals surface area contributed by atoms with Crippen LogP contribution in [0.5, 0.6) is 0 Å². The topological polar surface area (TPSA) is 159 Å². The zero-order valence-corrected chi connectivity index (χ0v) is 27.6. The first kappa shape index (κ1) is 35.8. The van der Waals surface area contributed by atoms with Crippen molar-refractivity contribution in [3.05, 3.63) is 53.3 Å². The van der Waals surface area contributed by atoms with E-state index in [2.05, 4.69) is 17.2 Å². The smallest absolute Gasteiger partial charge is 0.414 e. The molecule has 1 N–H and O–H groups in total. The number of oxazole rings is 1. The lowest BCUT2D eigenvalue weighted by molar-refractivity contribution is -0.151. The van der Waals surface area contributed by atoms with E-state index < -0.39 is 48.5 Å². The van der Waals surface area contributed by atoms with Crippen LogP contribution in [0.2, 0.25) is 0 Å². The Balaban J connectivity index is 1.43. The van der Waals surface area contributed by atoms with Crippen LogP contribution < -0.4 is 5.32 Å². The van der Waals surface area contributed by atoms with Crippen LogP contribution in [0.3, 0.4) is 0 Å². The molecule has 4 rings (SSSR count). The number of unbranched alkanes of at least 4 members (excludes halogenated alkanes) is 4. The first-order valence-electron chi connectivity index (χ1n) is 16.5. The van der Waals surface area contributed by atoms with Gasteiger partial charge in [0, 0.05) is 19.4 Å². The molecule has 12 heteroatoms. The number of nitrogens with zero attached hydrogens (tertiary/aromatic N) is 1. The van der Waals surface area contributed by atoms with Crippen LogP contribution in [0.1, 0.15) is 95.9 Å². The van der Waals surface area contributed by atoms with Gasteiger partial charge < -0.3 is 28.1 Å². The quantitative estimate of drug-likeness (QED) is 0.0970. The van der Waals surface area contributed by atoms with Crippen molar-refractivity contribution in [1.29, 1.82) is 0 Å². The largest absolute Gasteiger partial charge is 0.465 e. The zero-order chi connectivity index (χ0) is 33.8. The van der Waals surface area contributed by atoms with Crippen LogP contribution in [0.15, 0.2) is 40.4 Å². The molecular formula is C35H46N2O10. The summed E-state index contributed by atoms with van der Waals surface area (Å²) in [4.78, 5) is 53.6. The van der Waals surface area contributed by atoms with Gasteiger partial charge in [0.05, 0.1) is 12.7 Å². The van der Waals surface area contributed by atoms with Gasteiger partial charge in [-0.2, -0.15) is 0 Å². The van der Waals surface area contributed by atoms with Gasteiger partial charge in [-0.1, -0.05) is 62.5 Å². The molecule has 256 valence electrons. The third kappa shape index (κ3) is 11.9. The van der Waals surface area contributed by atoms with Crippen molar-refractivity contribution in [2.45, 2.75) is 122 Å². The summed E-state index contributed by atoms with van der Waals surface area (Å²) in [5.41, 5.74) is 1.65. The van der Waals surface area contributed by atoms with E-state index in [1.807, 2.05) is 26.0 Å². The van der Waals surface area contributed by atoms with Crippen LogP contribution in [-0.4, -0.2) is 72.2 Å². The fourth-order valence-corrected chi connectivity index (χ4v) is 5.34. The normalized spacial score (nSPS) is 25.7. The minimum absolute atomic E-state index is 0.207. The fourth-order valence-electron chi connectivity index (χ4n) is 5.34. The van der Waals surface area contributed by atoms with E-state index in [-0.39, 0.29) is 18.7 Å². The Morgan fingerprint density at radius 1 is 1.04 bits per heavy atom. The van der Waals surface area contributed by atoms with Crippen LogP contribution >= 0.6 is 0 Å². The second-order valence-electron chi connectivity index (χ2n) is 12.0. The van der Waals surface area contributed by atoms with Gasteiger partial charge in [0.15, 0.2) is 12.2 Å². The molecule has 0 radical (unpaired) electrons. The number of ether oxygens (including phenoxy) is 5. The van der Waals surface area contributed by atoms with E-state index in [4.69, 9.17) is 28.1 Å². The highest BCUT2D eigenvalue weighted by atomic mass is 16.7. The molecule has 12 nitrogen and oxygen atoms in total. The summed E-state index contributed by atoms with van der Waals surface area (Å²) < 4.78 is 34.4. The number of epoxide rings is 2. The molecule has 2 bridgehead atoms. The number of rotatable bonds is 12. The first-order valence-corrected chi connectivity index (χ1v) is 16.5. The Morgan fingerprint density at radius 3 is 2.62 bits per heavy atom. The Bertz CT molecular complexity index is 1380. The molecular weight excluding hydrogens is 608 g/mol. The van der Waals surface area contributed by atoms with E-state index in [1.54, 1.807) is 18.2 Å². The molecule has 1 aromatic rings. The van der Waals surface area contributed by atoms with Crippen molar-refractivity contribution in [3.8, 4) is 0 Å². The number of esters is 2. The highest BCUT2D eigenvalue weighted by Gasteiger charge is 2.58. The average molecular weight is 655 g/mol. The number of cyclic esters (lactones) is 1. The van der Waals surface area contributed by atoms with Gasteiger partial charge in [-0.15, -0.1) is 0 Å². The number of allylic oxidation sites excluding steroid dienone is 3. The minimum Gasteiger partial charge on any atom is -0.465 e. The molecule has 3 aliphatic rings. The maximum atomic E-state index is 13.0. The summed E-state index contributed by atoms with van der Waals surface area (Å²) in [6.45, 7) is 7.37. The van der Waals surface area contributed by atoms with Crippen LogP contribution in [0, 0.1) is 6.92 Å². The molecule has 6 atom stereocenters. The maximum absolute atomic E-state index is 13.0. The summed E-state index contributed by atoms with van der Waals surface area (Å²) in [7, 11) is 0. The van der Waals surface area contributed by atoms with Crippen molar-refractivity contribution in [3.63, 3.8) is 0 Å². The van der Waals surface area contributed by atoms with E-state index in [0.717, 1.165) is 31.3 Å². The van der Waals surface area contributed by atoms with E-state index in [9.17, 15) is 19.2 Å². The van der Waals surface area contributed by atoms with Gasteiger partial charge in [-0.25, -0.2) is 14.6 Å². The molecule has 4 heterocycles. The molecule has 2 saturated heterocycles. The molecule has 0 saturated carbocycles. The molecule has 1 aromatic heterocycles. The Morgan fingerprint density at radius 2 is 1.83 bits per heavy atom. The lowest BCUT2D eigenvalue weighted by atomic mass is 10.00. The van der Waals surface area contributed by atoms with Crippen LogP contribution in [0.4, 0.5) is 4.79 Å². The number of carbonyl (C=O) groups is 4. The second-order valence-corrected chi connectivity index (χ2v) is 12.0. The number of nitrogens with one attached hydrogen (secondary N) is 1. The van der Waals surface area contributed by atoms with Gasteiger partial charge in [0.2, 0.25) is 11.8 Å². The predicted octanol–water partition coefficient (Wildman–Crippen LogP) is 5.69. The monoisotopic (exact) mass is 654 g/mol. The van der Waals surface area contributed by atoms with Crippen LogP contribution in [0.25, 0.3) is 12.2 Å². The first-order chi connectivity index (χ1) is 22.6. The number of fused-ring (bicyclic) bond motifs is 3. The Kier molecular flexibility index (Phi) is 13.5. The van der Waals surface area contributed by atoms with Gasteiger partial charge in [-0.05, 0) is 51.7 Å². The SMILES string of the molecule is CCCCCCCC(=O)OCCC=C[C@H]1O[C@@H]1[C@@H]1OC(=O)C=CC=Cc2nc(oc2C)C=C(C)CC[C@@H]2O[C@H]2[C@H]1OC(=O)NC(C)=O. The zero-order valence-electron chi connectivity index (χ0n) is 27.6. The van der Waals surface area contributed by atoms with Gasteiger partial charge >= 0.3 is 18.0 Å². The van der Waals surface area contributed by atoms with Crippen LogP contribution in [-0.2, 0) is 38.1 Å². The average Bonchev–Trinajstić information content (AvgIpc) is 3.93. The lowest BCUT2D eigenvalue weighted by Gasteiger charge is -2.24. The maximum Gasteiger partial charge on any atom is 0.414 e. The lowest BCUT2D eigenvalue weighted by Crippen LogP contribution is -2.46. The van der Waals surface area contributed by atoms with Crippen molar-refractivity contribution < 1.29 is 47.3 Å². The molecule has 0 aromatic carbocycles. The highest BCUT2D eigenvalue weighted by molar-refractivity contribution is 5.90. The third-order valence-electron chi connectivity index (χ3n) is 7.93. The number of hydrogen-bond donors (Lipinski definition) is 1. The van der Waals surface area contributed by atoms with Crippen molar-refractivity contribution >= 4 is 36.1 Å². The van der Waals surface area contributed by atoms with Crippen molar-refractivity contribution in [2.75, 3.05) is 6.61 Å². The Hall–Kier alpha value is -4.03. The number of amides is 2. The highest BCUT2D eigenvalue weighted by Crippen LogP contribution is 2.40. The number of hydrogen-bond acceptors (Lipinski definition) is 11. The molecule has 3 aliphatic heterocycles. The summed E-state index contributed by atoms with van der Waals surface area (Å²) in [5.74, 6) is -0.364. The summed E-state index contributed by atoms with van der Waals surface area (Å²) in [6, 6.07) is 0. The van der Waals surface area contributed by atoms with Gasteiger partial charge in [0.25, 0.3) is 0 Å². The van der Waals surface area contributed by atoms with E-state index in [0.29, 0.717) is 43.0 Å². The van der Waals surface area contributed by atoms with Gasteiger partial charge in [-0.3, -0.25) is 14.9 Å². The molecule has 2 fully saturated rings. The number of alkyl carbamates (subject to hydrolysis) is 1. The molecule has 0 aliphatic carbocycles. The fraction of sp³-hybridized carbons (Fsp3) is 0.571. The number of aryl methyl sites for hydroxylation is 1. The van der Waals surface area contributed by atoms with Crippen molar-refractivity contribution in [2.24, 2.45) is 0 Å². The summed E-state index contributed by atoms with van der Waals surface area (Å²) in [6.07, 6.45) is 14.1. The second kappa shape index (κ2) is 17.8. The molecule has 2 amide bonds. The number of carbonyl (C=O) groups excluding carboxylic acids is 4. The summed E-state index contributed by atoms with van der Waals surface area (Å²) in [5, 5.41) is 2.11. The third-order valence-corrected chi connectivity index (χ3v) is 7.93. The van der Waals surface area contributed by atoms with E-state index >= 15 is 0 Å². The standard InChI is InChI=1S/C35H46N2O10/c1-5-6-7-8-9-16-29(39)42-20-13-12-15-26-31(44-26)33-34(47-35(41)36-24(4)38)32-27(45-32)19-18-22(2)21-28-37-25(23(3)43-28)14-10-11-17-30(40)46-33/h10-12,14-15,17,21,26-27,31-34H,5-9,13,16,18-20H2,1-4H3,(H,36,38,41)/t26-,27+,31+,32-,33+,34-/m1/s1. The summed E-state index contributed by atoms with van der Waals surface area (Å²) >= 11 is 0. The molecule has 47 heavy (non-hydrogen) atoms. The van der Waals surface area contributed by atoms with Crippen molar-refractivity contribution in [1.82, 2.24) is 10.3 Å². The molecule has 0 spiro atoms. The van der Waals surface area contributed by atoms with Gasteiger partial charge in [0.1, 0.15) is 29.8 Å². The molecule has 0 unspecified atom stereocenters.